The summed E-state index contributed by atoms with van der Waals surface area (Å²) < 4.78 is 0. The third kappa shape index (κ3) is 13.5. The lowest BCUT2D eigenvalue weighted by Crippen LogP contribution is -1.80. The maximum absolute atomic E-state index is 3.77. The van der Waals surface area contributed by atoms with Gasteiger partial charge in [-0.25, -0.2) is 0 Å². The molecule has 0 saturated carbocycles. The van der Waals surface area contributed by atoms with Crippen molar-refractivity contribution in [2.75, 3.05) is 0 Å². The highest BCUT2D eigenvalue weighted by Crippen LogP contribution is 2.09. The van der Waals surface area contributed by atoms with Gasteiger partial charge in [-0.2, -0.15) is 0 Å². The Morgan fingerprint density at radius 3 is 1.73 bits per heavy atom. The van der Waals surface area contributed by atoms with E-state index in [9.17, 15) is 0 Å². The van der Waals surface area contributed by atoms with Crippen molar-refractivity contribution in [1.29, 1.82) is 0 Å². The van der Waals surface area contributed by atoms with Crippen LogP contribution in [0.4, 0.5) is 0 Å². The fraction of sp³-hybridized carbons (Fsp3) is 0.667. The molecule has 0 aromatic heterocycles. The fourth-order valence-corrected chi connectivity index (χ4v) is 1.67. The molecule has 0 unspecified atom stereocenters. The van der Waals surface area contributed by atoms with E-state index >= 15 is 0 Å². The summed E-state index contributed by atoms with van der Waals surface area (Å²) in [5.41, 5.74) is 0. The van der Waals surface area contributed by atoms with Crippen LogP contribution in [-0.4, -0.2) is 0 Å². The minimum absolute atomic E-state index is 0.934. The zero-order valence-corrected chi connectivity index (χ0v) is 10.2. The molecule has 0 heterocycles. The summed E-state index contributed by atoms with van der Waals surface area (Å²) in [5.74, 6) is 0. The van der Waals surface area contributed by atoms with E-state index < -0.39 is 0 Å². The Bertz CT molecular complexity index is 144. The van der Waals surface area contributed by atoms with Gasteiger partial charge in [-0.15, -0.1) is 6.58 Å². The largest absolute Gasteiger partial charge is 0.103 e. The quantitative estimate of drug-likeness (QED) is 0.311. The van der Waals surface area contributed by atoms with E-state index in [1.165, 1.54) is 57.8 Å². The van der Waals surface area contributed by atoms with Gasteiger partial charge in [-0.05, 0) is 39.0 Å². The van der Waals surface area contributed by atoms with Crippen LogP contribution in [0.3, 0.4) is 0 Å². The molecule has 0 atom stereocenters. The number of hydrogen-bond acceptors (Lipinski definition) is 0. The molecule has 0 fully saturated rings. The Morgan fingerprint density at radius 1 is 0.667 bits per heavy atom. The van der Waals surface area contributed by atoms with Gasteiger partial charge in [0.05, 0.1) is 0 Å². The molecule has 0 spiro atoms. The highest BCUT2D eigenvalue weighted by Gasteiger charge is 1.90. The molecular weight excluding hydrogens is 180 g/mol. The van der Waals surface area contributed by atoms with Crippen LogP contribution in [0.5, 0.6) is 0 Å². The van der Waals surface area contributed by atoms with Gasteiger partial charge >= 0.3 is 0 Å². The van der Waals surface area contributed by atoms with Crippen LogP contribution in [-0.2, 0) is 0 Å². The standard InChI is InChI=1S/C15H27/c1-3-5-7-9-11-13-15-14-12-10-8-6-4-2/h3,6,8H,1-2,4-5,7,9-15H2. The Balaban J connectivity index is 2.92. The Kier molecular flexibility index (Phi) is 13.0. The minimum Gasteiger partial charge on any atom is -0.103 e. The lowest BCUT2D eigenvalue weighted by atomic mass is 10.1. The number of allylic oxidation sites excluding steroid dienone is 3. The van der Waals surface area contributed by atoms with E-state index in [1.54, 1.807) is 0 Å². The van der Waals surface area contributed by atoms with Crippen LogP contribution in [0.15, 0.2) is 24.8 Å². The summed E-state index contributed by atoms with van der Waals surface area (Å²) in [5, 5.41) is 0. The summed E-state index contributed by atoms with van der Waals surface area (Å²) in [6, 6.07) is 0. The maximum Gasteiger partial charge on any atom is -0.0351 e. The first-order valence-corrected chi connectivity index (χ1v) is 6.47. The monoisotopic (exact) mass is 207 g/mol. The van der Waals surface area contributed by atoms with Gasteiger partial charge in [0.1, 0.15) is 0 Å². The first kappa shape index (κ1) is 14.5. The molecule has 0 bridgehead atoms. The molecule has 15 heavy (non-hydrogen) atoms. The third-order valence-corrected chi connectivity index (χ3v) is 2.61. The van der Waals surface area contributed by atoms with Crippen molar-refractivity contribution in [3.8, 4) is 0 Å². The average Bonchev–Trinajstić information content (AvgIpc) is 2.26. The lowest BCUT2D eigenvalue weighted by molar-refractivity contribution is 0.583. The zero-order valence-electron chi connectivity index (χ0n) is 10.2. The van der Waals surface area contributed by atoms with Crippen LogP contribution < -0.4 is 0 Å². The van der Waals surface area contributed by atoms with Gasteiger partial charge in [-0.1, -0.05) is 50.3 Å². The molecule has 0 nitrogen and oxygen atoms in total. The normalized spacial score (nSPS) is 11.0. The predicted molar refractivity (Wildman–Crippen MR) is 70.9 cm³/mol. The second kappa shape index (κ2) is 13.5. The van der Waals surface area contributed by atoms with E-state index in [1.807, 2.05) is 6.08 Å². The first-order chi connectivity index (χ1) is 7.41. The third-order valence-electron chi connectivity index (χ3n) is 2.61. The second-order valence-corrected chi connectivity index (χ2v) is 4.10. The Labute approximate surface area is 96.5 Å². The lowest BCUT2D eigenvalue weighted by Gasteiger charge is -1.99. The molecule has 0 aliphatic rings. The van der Waals surface area contributed by atoms with E-state index in [0.29, 0.717) is 0 Å². The Morgan fingerprint density at radius 2 is 1.20 bits per heavy atom. The van der Waals surface area contributed by atoms with Crippen LogP contribution in [0.2, 0.25) is 0 Å². The molecular formula is C15H27. The molecule has 0 heteroatoms. The van der Waals surface area contributed by atoms with Crippen molar-refractivity contribution in [3.05, 3.63) is 31.7 Å². The van der Waals surface area contributed by atoms with Gasteiger partial charge in [0.2, 0.25) is 0 Å². The highest BCUT2D eigenvalue weighted by molar-refractivity contribution is 4.81. The van der Waals surface area contributed by atoms with Gasteiger partial charge in [0.15, 0.2) is 0 Å². The van der Waals surface area contributed by atoms with Crippen molar-refractivity contribution in [2.24, 2.45) is 0 Å². The van der Waals surface area contributed by atoms with Crippen molar-refractivity contribution in [1.82, 2.24) is 0 Å². The summed E-state index contributed by atoms with van der Waals surface area (Å²) in [4.78, 5) is 0. The number of hydrogen-bond donors (Lipinski definition) is 0. The predicted octanol–water partition coefficient (Wildman–Crippen LogP) is 5.46. The maximum atomic E-state index is 3.77. The van der Waals surface area contributed by atoms with E-state index in [4.69, 9.17) is 0 Å². The molecule has 0 aliphatic heterocycles. The molecule has 0 rings (SSSR count). The van der Waals surface area contributed by atoms with E-state index in [-0.39, 0.29) is 0 Å². The van der Waals surface area contributed by atoms with Crippen LogP contribution >= 0.6 is 0 Å². The highest BCUT2D eigenvalue weighted by atomic mass is 14.0. The molecule has 0 aromatic rings. The summed E-state index contributed by atoms with van der Waals surface area (Å²) in [7, 11) is 0. The summed E-state index contributed by atoms with van der Waals surface area (Å²) in [6.07, 6.45) is 19.5. The molecule has 0 aromatic carbocycles. The van der Waals surface area contributed by atoms with Gasteiger partial charge in [-0.3, -0.25) is 0 Å². The molecule has 0 saturated heterocycles. The molecule has 1 radical (unpaired) electrons. The van der Waals surface area contributed by atoms with Crippen LogP contribution in [0.1, 0.15) is 64.2 Å². The minimum atomic E-state index is 0.934. The smallest absolute Gasteiger partial charge is 0.0351 e. The van der Waals surface area contributed by atoms with Crippen molar-refractivity contribution in [3.63, 3.8) is 0 Å². The van der Waals surface area contributed by atoms with Crippen LogP contribution in [0.25, 0.3) is 0 Å². The zero-order chi connectivity index (χ0) is 11.2. The Hall–Kier alpha value is -0.520. The second-order valence-electron chi connectivity index (χ2n) is 4.10. The van der Waals surface area contributed by atoms with Gasteiger partial charge in [0, 0.05) is 0 Å². The molecule has 0 amide bonds. The first-order valence-electron chi connectivity index (χ1n) is 6.47. The fourth-order valence-electron chi connectivity index (χ4n) is 1.67. The van der Waals surface area contributed by atoms with Crippen molar-refractivity contribution < 1.29 is 0 Å². The SMILES string of the molecule is [CH2]CC=CCCCCCCCCCC=C. The van der Waals surface area contributed by atoms with E-state index in [0.717, 1.165) is 6.42 Å². The number of rotatable bonds is 11. The molecule has 0 aliphatic carbocycles. The van der Waals surface area contributed by atoms with Crippen molar-refractivity contribution in [2.45, 2.75) is 64.2 Å². The summed E-state index contributed by atoms with van der Waals surface area (Å²) in [6.45, 7) is 7.51. The van der Waals surface area contributed by atoms with Crippen molar-refractivity contribution >= 4 is 0 Å². The number of unbranched alkanes of at least 4 members (excludes halogenated alkanes) is 8. The topological polar surface area (TPSA) is 0 Å². The summed E-state index contributed by atoms with van der Waals surface area (Å²) >= 11 is 0. The van der Waals surface area contributed by atoms with Gasteiger partial charge < -0.3 is 0 Å². The average molecular weight is 207 g/mol. The van der Waals surface area contributed by atoms with Crippen LogP contribution in [0, 0.1) is 6.92 Å². The molecule has 87 valence electrons. The van der Waals surface area contributed by atoms with E-state index in [2.05, 4.69) is 25.7 Å². The van der Waals surface area contributed by atoms with Gasteiger partial charge in [0.25, 0.3) is 0 Å². The molecule has 0 N–H and O–H groups in total.